The number of aliphatic hydroxyl groups is 2. The molecule has 8 nitrogen and oxygen atoms in total. The highest BCUT2D eigenvalue weighted by molar-refractivity contribution is 5.91. The number of aromatic nitrogens is 1. The third-order valence-corrected chi connectivity index (χ3v) is 6.78. The predicted molar refractivity (Wildman–Crippen MR) is 140 cm³/mol. The number of hydrogen-bond acceptors (Lipinski definition) is 6. The molecule has 2 heterocycles. The third kappa shape index (κ3) is 5.98. The van der Waals surface area contributed by atoms with Crippen LogP contribution in [-0.4, -0.2) is 57.8 Å². The van der Waals surface area contributed by atoms with Crippen LogP contribution in [0.15, 0.2) is 66.7 Å². The lowest BCUT2D eigenvalue weighted by atomic mass is 10.0. The van der Waals surface area contributed by atoms with Crippen molar-refractivity contribution < 1.29 is 24.5 Å². The molecule has 37 heavy (non-hydrogen) atoms. The predicted octanol–water partition coefficient (Wildman–Crippen LogP) is 3.33. The van der Waals surface area contributed by atoms with Crippen LogP contribution in [-0.2, 0) is 9.59 Å². The number of likely N-dealkylation sites (tertiary alicyclic amines) is 1. The topological polar surface area (TPSA) is 112 Å². The summed E-state index contributed by atoms with van der Waals surface area (Å²) in [6.07, 6.45) is -2.17. The van der Waals surface area contributed by atoms with Crippen LogP contribution >= 0.6 is 0 Å². The Kier molecular flexibility index (Phi) is 8.21. The Hall–Kier alpha value is -3.75. The number of hydrogen-bond donors (Lipinski definition) is 3. The molecule has 2 aromatic carbocycles. The Balaban J connectivity index is 1.38. The summed E-state index contributed by atoms with van der Waals surface area (Å²) in [6, 6.07) is 20.2. The molecule has 0 spiro atoms. The quantitative estimate of drug-likeness (QED) is 0.435. The largest absolute Gasteiger partial charge is 0.481 e. The second kappa shape index (κ2) is 11.5. The van der Waals surface area contributed by atoms with Gasteiger partial charge in [0, 0.05) is 18.2 Å². The van der Waals surface area contributed by atoms with Gasteiger partial charge in [0.05, 0.1) is 24.9 Å². The minimum absolute atomic E-state index is 0.186. The first-order valence-electron chi connectivity index (χ1n) is 12.4. The van der Waals surface area contributed by atoms with Gasteiger partial charge in [-0.2, -0.15) is 0 Å². The highest BCUT2D eigenvalue weighted by Gasteiger charge is 2.38. The Morgan fingerprint density at radius 3 is 2.49 bits per heavy atom. The summed E-state index contributed by atoms with van der Waals surface area (Å²) in [4.78, 5) is 31.8. The molecule has 0 unspecified atom stereocenters. The maximum absolute atomic E-state index is 13.1. The molecule has 0 bridgehead atoms. The monoisotopic (exact) mass is 503 g/mol. The van der Waals surface area contributed by atoms with Crippen molar-refractivity contribution >= 4 is 11.8 Å². The maximum Gasteiger partial charge on any atom is 0.255 e. The number of aliphatic hydroxyl groups excluding tert-OH is 2. The summed E-state index contributed by atoms with van der Waals surface area (Å²) >= 11 is 0. The minimum Gasteiger partial charge on any atom is -0.481 e. The van der Waals surface area contributed by atoms with E-state index in [1.807, 2.05) is 67.6 Å². The average molecular weight is 504 g/mol. The van der Waals surface area contributed by atoms with Crippen molar-refractivity contribution in [1.82, 2.24) is 15.2 Å². The Labute approximate surface area is 216 Å². The van der Waals surface area contributed by atoms with Crippen LogP contribution in [0.2, 0.25) is 0 Å². The molecule has 4 rings (SSSR count). The standard InChI is InChI=1S/C29H33N3O5/c1-18-7-4-8-22(17-18)24-10-6-16-32(24)29(36)27(34)26(33)28(35)30-19(2)20-12-14-21(15-13-20)23-9-5-11-25(31-23)37-3/h4-5,7-9,11-15,17,19,24,26-27,33-34H,6,10,16H2,1-3H3,(H,30,35)/t19-,24-,26-,27-/m1/s1. The summed E-state index contributed by atoms with van der Waals surface area (Å²) in [5.74, 6) is -0.934. The average Bonchev–Trinajstić information content (AvgIpc) is 3.42. The Bertz CT molecular complexity index is 1250. The molecule has 1 fully saturated rings. The van der Waals surface area contributed by atoms with Gasteiger partial charge in [0.15, 0.2) is 12.2 Å². The molecule has 1 aromatic heterocycles. The van der Waals surface area contributed by atoms with Crippen molar-refractivity contribution in [3.05, 3.63) is 83.4 Å². The highest BCUT2D eigenvalue weighted by Crippen LogP contribution is 2.33. The van der Waals surface area contributed by atoms with Gasteiger partial charge < -0.3 is 25.2 Å². The van der Waals surface area contributed by atoms with Crippen LogP contribution in [0.3, 0.4) is 0 Å². The van der Waals surface area contributed by atoms with Crippen molar-refractivity contribution in [2.75, 3.05) is 13.7 Å². The number of benzene rings is 2. The van der Waals surface area contributed by atoms with Crippen LogP contribution in [0.5, 0.6) is 5.88 Å². The molecule has 194 valence electrons. The maximum atomic E-state index is 13.1. The van der Waals surface area contributed by atoms with Gasteiger partial charge in [-0.25, -0.2) is 4.98 Å². The van der Waals surface area contributed by atoms with E-state index in [2.05, 4.69) is 10.3 Å². The summed E-state index contributed by atoms with van der Waals surface area (Å²) in [6.45, 7) is 4.22. The van der Waals surface area contributed by atoms with Gasteiger partial charge in [0.1, 0.15) is 0 Å². The summed E-state index contributed by atoms with van der Waals surface area (Å²) in [7, 11) is 1.56. The van der Waals surface area contributed by atoms with Gasteiger partial charge >= 0.3 is 0 Å². The molecule has 1 aliphatic heterocycles. The van der Waals surface area contributed by atoms with E-state index in [-0.39, 0.29) is 6.04 Å². The van der Waals surface area contributed by atoms with E-state index in [0.717, 1.165) is 40.8 Å². The number of carbonyl (C=O) groups excluding carboxylic acids is 2. The number of methoxy groups -OCH3 is 1. The first-order valence-corrected chi connectivity index (χ1v) is 12.4. The fourth-order valence-electron chi connectivity index (χ4n) is 4.72. The van der Waals surface area contributed by atoms with Gasteiger partial charge in [0.25, 0.3) is 11.8 Å². The van der Waals surface area contributed by atoms with E-state index < -0.39 is 30.1 Å². The number of nitrogens with zero attached hydrogens (tertiary/aromatic N) is 2. The molecular weight excluding hydrogens is 470 g/mol. The first-order chi connectivity index (χ1) is 17.8. The second-order valence-electron chi connectivity index (χ2n) is 9.41. The molecule has 3 aromatic rings. The summed E-state index contributed by atoms with van der Waals surface area (Å²) in [5, 5.41) is 23.8. The first kappa shape index (κ1) is 26.3. The summed E-state index contributed by atoms with van der Waals surface area (Å²) < 4.78 is 5.18. The van der Waals surface area contributed by atoms with Crippen LogP contribution < -0.4 is 10.1 Å². The van der Waals surface area contributed by atoms with E-state index in [0.29, 0.717) is 12.4 Å². The molecule has 1 saturated heterocycles. The molecule has 0 radical (unpaired) electrons. The van der Waals surface area contributed by atoms with Gasteiger partial charge in [-0.3, -0.25) is 9.59 Å². The van der Waals surface area contributed by atoms with E-state index in [4.69, 9.17) is 4.74 Å². The fourth-order valence-corrected chi connectivity index (χ4v) is 4.72. The van der Waals surface area contributed by atoms with Crippen LogP contribution in [0.1, 0.15) is 48.5 Å². The lowest BCUT2D eigenvalue weighted by molar-refractivity contribution is -0.154. The van der Waals surface area contributed by atoms with E-state index in [1.165, 1.54) is 0 Å². The zero-order valence-electron chi connectivity index (χ0n) is 21.3. The van der Waals surface area contributed by atoms with Gasteiger partial charge in [-0.15, -0.1) is 0 Å². The Morgan fingerprint density at radius 2 is 1.78 bits per heavy atom. The van der Waals surface area contributed by atoms with Gasteiger partial charge in [-0.05, 0) is 43.9 Å². The minimum atomic E-state index is -1.88. The smallest absolute Gasteiger partial charge is 0.255 e. The van der Waals surface area contributed by atoms with E-state index in [1.54, 1.807) is 25.0 Å². The molecule has 8 heteroatoms. The molecule has 2 amide bonds. The van der Waals surface area contributed by atoms with Crippen molar-refractivity contribution in [2.45, 2.75) is 51.0 Å². The third-order valence-electron chi connectivity index (χ3n) is 6.78. The zero-order chi connectivity index (χ0) is 26.5. The van der Waals surface area contributed by atoms with E-state index >= 15 is 0 Å². The van der Waals surface area contributed by atoms with Crippen molar-refractivity contribution in [3.8, 4) is 17.1 Å². The molecule has 4 atom stereocenters. The molecular formula is C29H33N3O5. The fraction of sp³-hybridized carbons (Fsp3) is 0.345. The number of carbonyl (C=O) groups is 2. The number of nitrogens with one attached hydrogen (secondary N) is 1. The summed E-state index contributed by atoms with van der Waals surface area (Å²) in [5.41, 5.74) is 4.50. The lowest BCUT2D eigenvalue weighted by Gasteiger charge is -2.29. The van der Waals surface area contributed by atoms with E-state index in [9.17, 15) is 19.8 Å². The zero-order valence-corrected chi connectivity index (χ0v) is 21.3. The van der Waals surface area contributed by atoms with Crippen molar-refractivity contribution in [2.24, 2.45) is 0 Å². The van der Waals surface area contributed by atoms with Gasteiger partial charge in [-0.1, -0.05) is 60.2 Å². The molecule has 1 aliphatic rings. The van der Waals surface area contributed by atoms with Crippen molar-refractivity contribution in [1.29, 1.82) is 0 Å². The van der Waals surface area contributed by atoms with Crippen LogP contribution in [0.4, 0.5) is 0 Å². The molecule has 0 aliphatic carbocycles. The Morgan fingerprint density at radius 1 is 1.05 bits per heavy atom. The number of rotatable bonds is 8. The lowest BCUT2D eigenvalue weighted by Crippen LogP contribution is -2.50. The van der Waals surface area contributed by atoms with Crippen LogP contribution in [0, 0.1) is 6.92 Å². The second-order valence-corrected chi connectivity index (χ2v) is 9.41. The highest BCUT2D eigenvalue weighted by atomic mass is 16.5. The van der Waals surface area contributed by atoms with Crippen molar-refractivity contribution in [3.63, 3.8) is 0 Å². The van der Waals surface area contributed by atoms with Crippen LogP contribution in [0.25, 0.3) is 11.3 Å². The normalized spacial score (nSPS) is 17.6. The number of ether oxygens (including phenoxy) is 1. The van der Waals surface area contributed by atoms with Gasteiger partial charge in [0.2, 0.25) is 5.88 Å². The molecule has 3 N–H and O–H groups in total. The molecule has 0 saturated carbocycles. The number of aryl methyl sites for hydroxylation is 1. The number of amides is 2. The number of pyridine rings is 1. The SMILES string of the molecule is COc1cccc(-c2ccc([C@@H](C)NC(=O)[C@H](O)[C@@H](O)C(=O)N3CCC[C@@H]3c3cccc(C)c3)cc2)n1.